The van der Waals surface area contributed by atoms with Crippen molar-refractivity contribution in [3.63, 3.8) is 0 Å². The molecule has 1 atom stereocenters. The quantitative estimate of drug-likeness (QED) is 0.608. The summed E-state index contributed by atoms with van der Waals surface area (Å²) in [5, 5.41) is 7.91. The Morgan fingerprint density at radius 3 is 2.62 bits per heavy atom. The van der Waals surface area contributed by atoms with Crippen LogP contribution in [0.4, 0.5) is 18.9 Å². The van der Waals surface area contributed by atoms with Gasteiger partial charge in [0.05, 0.1) is 23.1 Å². The molecule has 0 radical (unpaired) electrons. The normalized spacial score (nSPS) is 16.3. The molecule has 0 spiro atoms. The van der Waals surface area contributed by atoms with Gasteiger partial charge in [-0.2, -0.15) is 18.3 Å². The van der Waals surface area contributed by atoms with Gasteiger partial charge in [-0.25, -0.2) is 0 Å². The number of benzene rings is 1. The Hall–Kier alpha value is -3.69. The van der Waals surface area contributed by atoms with Gasteiger partial charge in [-0.15, -0.1) is 0 Å². The summed E-state index contributed by atoms with van der Waals surface area (Å²) in [4.78, 5) is 29.6. The summed E-state index contributed by atoms with van der Waals surface area (Å²) in [5.74, 6) is -2.17. The molecule has 2 heterocycles. The van der Waals surface area contributed by atoms with Crippen LogP contribution in [0.1, 0.15) is 41.0 Å². The Labute approximate surface area is 194 Å². The van der Waals surface area contributed by atoms with Gasteiger partial charge in [0.25, 0.3) is 5.91 Å². The Morgan fingerprint density at radius 1 is 1.24 bits per heavy atom. The topological polar surface area (TPSA) is 80.1 Å². The van der Waals surface area contributed by atoms with Crippen LogP contribution in [0.3, 0.4) is 0 Å². The number of halogens is 3. The van der Waals surface area contributed by atoms with Gasteiger partial charge in [0.2, 0.25) is 0 Å². The van der Waals surface area contributed by atoms with Gasteiger partial charge in [-0.3, -0.25) is 19.3 Å². The van der Waals surface area contributed by atoms with E-state index in [4.69, 9.17) is 0 Å². The fraction of sp³-hybridized carbons (Fsp3) is 0.333. The Kier molecular flexibility index (Phi) is 6.16. The van der Waals surface area contributed by atoms with Crippen molar-refractivity contribution in [3.8, 4) is 0 Å². The molecule has 0 saturated carbocycles. The number of nitrogens with one attached hydrogen (secondary N) is 1. The van der Waals surface area contributed by atoms with Crippen molar-refractivity contribution >= 4 is 34.0 Å². The highest BCUT2D eigenvalue weighted by Gasteiger charge is 2.43. The first-order chi connectivity index (χ1) is 16.1. The van der Waals surface area contributed by atoms with Crippen LogP contribution in [-0.2, 0) is 11.8 Å². The highest BCUT2D eigenvalue weighted by Crippen LogP contribution is 2.32. The molecule has 1 aliphatic rings. The predicted molar refractivity (Wildman–Crippen MR) is 122 cm³/mol. The lowest BCUT2D eigenvalue weighted by atomic mass is 9.90. The lowest BCUT2D eigenvalue weighted by Crippen LogP contribution is -2.45. The van der Waals surface area contributed by atoms with E-state index < -0.39 is 18.1 Å². The number of fused-ring (bicyclic) bond motifs is 1. The van der Waals surface area contributed by atoms with E-state index in [1.165, 1.54) is 7.05 Å². The molecule has 178 valence electrons. The summed E-state index contributed by atoms with van der Waals surface area (Å²) < 4.78 is 39.8. The second-order valence-corrected chi connectivity index (χ2v) is 8.40. The van der Waals surface area contributed by atoms with E-state index in [1.54, 1.807) is 24.0 Å². The molecule has 1 aliphatic carbocycles. The molecule has 34 heavy (non-hydrogen) atoms. The van der Waals surface area contributed by atoms with Crippen molar-refractivity contribution < 1.29 is 22.8 Å². The zero-order valence-electron chi connectivity index (χ0n) is 19.0. The number of para-hydroxylation sites is 1. The van der Waals surface area contributed by atoms with Gasteiger partial charge in [0.1, 0.15) is 0 Å². The largest absolute Gasteiger partial charge is 0.471 e. The summed E-state index contributed by atoms with van der Waals surface area (Å²) in [6.07, 6.45) is -0.256. The second-order valence-electron chi connectivity index (χ2n) is 8.40. The maximum Gasteiger partial charge on any atom is 0.471 e. The number of pyridine rings is 1. The highest BCUT2D eigenvalue weighted by molar-refractivity contribution is 6.11. The Morgan fingerprint density at radius 2 is 1.97 bits per heavy atom. The van der Waals surface area contributed by atoms with Crippen molar-refractivity contribution in [2.45, 2.75) is 38.4 Å². The molecule has 2 amide bonds. The minimum atomic E-state index is -4.88. The predicted octanol–water partition coefficient (Wildman–Crippen LogP) is 4.49. The van der Waals surface area contributed by atoms with Gasteiger partial charge in [-0.05, 0) is 49.5 Å². The van der Waals surface area contributed by atoms with Crippen LogP contribution in [0, 0.1) is 6.92 Å². The third-order valence-corrected chi connectivity index (χ3v) is 6.11. The summed E-state index contributed by atoms with van der Waals surface area (Å²) in [5.41, 5.74) is 4.15. The molecular weight excluding hydrogens is 447 g/mol. The number of alkyl halides is 3. The molecule has 1 unspecified atom stereocenters. The smallest absolute Gasteiger partial charge is 0.335 e. The van der Waals surface area contributed by atoms with E-state index in [0.29, 0.717) is 30.6 Å². The number of nitrogens with zero attached hydrogens (tertiary/aromatic N) is 4. The number of hydrogen-bond donors (Lipinski definition) is 1. The molecular formula is C24H24F3N5O2. The number of carbonyl (C=O) groups is 2. The van der Waals surface area contributed by atoms with Gasteiger partial charge >= 0.3 is 12.1 Å². The number of anilines is 1. The van der Waals surface area contributed by atoms with Gasteiger partial charge in [-0.1, -0.05) is 24.3 Å². The van der Waals surface area contributed by atoms with E-state index in [0.717, 1.165) is 32.6 Å². The third kappa shape index (κ3) is 4.52. The summed E-state index contributed by atoms with van der Waals surface area (Å²) in [6.45, 7) is 1.86. The summed E-state index contributed by atoms with van der Waals surface area (Å²) in [7, 11) is 2.96. The maximum absolute atomic E-state index is 12.8. The molecule has 7 nitrogen and oxygen atoms in total. The highest BCUT2D eigenvalue weighted by atomic mass is 19.4. The van der Waals surface area contributed by atoms with Crippen molar-refractivity contribution in [2.75, 3.05) is 12.4 Å². The van der Waals surface area contributed by atoms with Crippen molar-refractivity contribution in [1.82, 2.24) is 19.7 Å². The monoisotopic (exact) mass is 471 g/mol. The van der Waals surface area contributed by atoms with Crippen molar-refractivity contribution in [2.24, 2.45) is 7.05 Å². The minimum absolute atomic E-state index is 0.318. The average molecular weight is 471 g/mol. The average Bonchev–Trinajstić information content (AvgIpc) is 3.15. The third-order valence-electron chi connectivity index (χ3n) is 6.11. The first-order valence-electron chi connectivity index (χ1n) is 10.8. The molecule has 10 heteroatoms. The van der Waals surface area contributed by atoms with E-state index >= 15 is 0 Å². The number of aromatic nitrogens is 3. The van der Waals surface area contributed by atoms with E-state index in [-0.39, 0.29) is 5.91 Å². The minimum Gasteiger partial charge on any atom is -0.335 e. The van der Waals surface area contributed by atoms with Gasteiger partial charge < -0.3 is 10.2 Å². The van der Waals surface area contributed by atoms with Gasteiger partial charge in [0, 0.05) is 25.5 Å². The van der Waals surface area contributed by atoms with Crippen LogP contribution >= 0.6 is 0 Å². The molecule has 2 aromatic heterocycles. The molecule has 3 aromatic rings. The summed E-state index contributed by atoms with van der Waals surface area (Å²) >= 11 is 0. The molecule has 0 bridgehead atoms. The van der Waals surface area contributed by atoms with Crippen molar-refractivity contribution in [1.29, 1.82) is 0 Å². The zero-order chi connectivity index (χ0) is 24.6. The van der Waals surface area contributed by atoms with E-state index in [2.05, 4.69) is 15.4 Å². The molecule has 1 N–H and O–H groups in total. The number of hydrogen-bond acceptors (Lipinski definition) is 4. The second kappa shape index (κ2) is 8.92. The molecule has 0 fully saturated rings. The zero-order valence-corrected chi connectivity index (χ0v) is 19.0. The molecule has 0 saturated heterocycles. The number of carbonyl (C=O) groups excluding carboxylic acids is 2. The fourth-order valence-electron chi connectivity index (χ4n) is 4.30. The summed E-state index contributed by atoms with van der Waals surface area (Å²) in [6, 6.07) is 8.75. The number of aryl methyl sites for hydroxylation is 2. The fourth-order valence-corrected chi connectivity index (χ4v) is 4.30. The standard InChI is InChI=1S/C24H24F3N5O2/c1-14-12-16(29-22(33)21-18-6-4-5-7-19(18)32(3)30-21)13-28-20(14)15-8-10-17(11-9-15)31(2)23(34)24(25,26)27/h4-8,12-13,17H,9-11H2,1-3H3,(H,29,33). The molecule has 4 rings (SSSR count). The maximum atomic E-state index is 12.8. The van der Waals surface area contributed by atoms with Crippen LogP contribution < -0.4 is 5.32 Å². The number of rotatable bonds is 4. The lowest BCUT2D eigenvalue weighted by molar-refractivity contribution is -0.186. The first kappa shape index (κ1) is 23.5. The number of amides is 2. The van der Waals surface area contributed by atoms with Crippen LogP contribution in [0.5, 0.6) is 0 Å². The molecule has 1 aromatic carbocycles. The molecule has 0 aliphatic heterocycles. The van der Waals surface area contributed by atoms with Crippen molar-refractivity contribution in [3.05, 3.63) is 59.6 Å². The lowest BCUT2D eigenvalue weighted by Gasteiger charge is -2.31. The van der Waals surface area contributed by atoms with Crippen LogP contribution in [0.2, 0.25) is 0 Å². The van der Waals surface area contributed by atoms with E-state index in [9.17, 15) is 22.8 Å². The Balaban J connectivity index is 1.47. The van der Waals surface area contributed by atoms with Crippen LogP contribution in [-0.4, -0.2) is 50.7 Å². The SMILES string of the molecule is Cc1cc(NC(=O)c2nn(C)c3ccccc23)cnc1C1=CCC(N(C)C(=O)C(F)(F)F)CC1. The number of allylic oxidation sites excluding steroid dienone is 1. The Bertz CT molecular complexity index is 1300. The van der Waals surface area contributed by atoms with Crippen LogP contribution in [0.25, 0.3) is 16.5 Å². The van der Waals surface area contributed by atoms with Gasteiger partial charge in [0.15, 0.2) is 5.69 Å². The van der Waals surface area contributed by atoms with Crippen LogP contribution in [0.15, 0.2) is 42.6 Å². The first-order valence-corrected chi connectivity index (χ1v) is 10.8. The van der Waals surface area contributed by atoms with E-state index in [1.807, 2.05) is 37.3 Å².